The summed E-state index contributed by atoms with van der Waals surface area (Å²) in [5.74, 6) is -0.0613. The fourth-order valence-corrected chi connectivity index (χ4v) is 1.44. The molecule has 1 aliphatic rings. The third-order valence-corrected chi connectivity index (χ3v) is 2.10. The van der Waals surface area contributed by atoms with E-state index in [2.05, 4.69) is 0 Å². The third kappa shape index (κ3) is 2.19. The number of carbonyl (C=O) groups is 1. The summed E-state index contributed by atoms with van der Waals surface area (Å²) >= 11 is 0. The first kappa shape index (κ1) is 9.48. The second-order valence-corrected chi connectivity index (χ2v) is 3.37. The van der Waals surface area contributed by atoms with E-state index < -0.39 is 6.04 Å². The molecule has 1 amide bonds. The van der Waals surface area contributed by atoms with Gasteiger partial charge >= 0.3 is 0 Å². The van der Waals surface area contributed by atoms with Gasteiger partial charge in [0.05, 0.1) is 12.1 Å². The van der Waals surface area contributed by atoms with E-state index >= 15 is 0 Å². The van der Waals surface area contributed by atoms with Crippen molar-refractivity contribution in [3.8, 4) is 0 Å². The van der Waals surface area contributed by atoms with Gasteiger partial charge in [0.25, 0.3) is 0 Å². The molecule has 2 atom stereocenters. The van der Waals surface area contributed by atoms with Gasteiger partial charge in [0.2, 0.25) is 5.91 Å². The SMILES string of the molecule is C[C@@H](N)C(=O)N1CCC[C@@H](O)C1. The zero-order valence-electron chi connectivity index (χ0n) is 7.36. The summed E-state index contributed by atoms with van der Waals surface area (Å²) in [6.45, 7) is 2.85. The summed E-state index contributed by atoms with van der Waals surface area (Å²) < 4.78 is 0. The third-order valence-electron chi connectivity index (χ3n) is 2.10. The second kappa shape index (κ2) is 3.87. The summed E-state index contributed by atoms with van der Waals surface area (Å²) in [5, 5.41) is 9.28. The van der Waals surface area contributed by atoms with Gasteiger partial charge in [0, 0.05) is 13.1 Å². The van der Waals surface area contributed by atoms with Crippen LogP contribution in [0.4, 0.5) is 0 Å². The summed E-state index contributed by atoms with van der Waals surface area (Å²) in [7, 11) is 0. The van der Waals surface area contributed by atoms with Crippen LogP contribution in [0.2, 0.25) is 0 Å². The Morgan fingerprint density at radius 1 is 1.75 bits per heavy atom. The largest absolute Gasteiger partial charge is 0.391 e. The van der Waals surface area contributed by atoms with Crippen molar-refractivity contribution >= 4 is 5.91 Å². The number of hydrogen-bond donors (Lipinski definition) is 2. The molecule has 0 aliphatic carbocycles. The highest BCUT2D eigenvalue weighted by Crippen LogP contribution is 2.10. The standard InChI is InChI=1S/C8H16N2O2/c1-6(9)8(12)10-4-2-3-7(11)5-10/h6-7,11H,2-5,9H2,1H3/t6-,7-/m1/s1. The first-order valence-corrected chi connectivity index (χ1v) is 4.33. The molecule has 1 aliphatic heterocycles. The zero-order valence-corrected chi connectivity index (χ0v) is 7.36. The Hall–Kier alpha value is -0.610. The molecule has 1 heterocycles. The maximum Gasteiger partial charge on any atom is 0.239 e. The zero-order chi connectivity index (χ0) is 9.14. The van der Waals surface area contributed by atoms with Crippen molar-refractivity contribution in [3.63, 3.8) is 0 Å². The molecule has 4 heteroatoms. The molecule has 70 valence electrons. The van der Waals surface area contributed by atoms with Gasteiger partial charge in [-0.2, -0.15) is 0 Å². The van der Waals surface area contributed by atoms with Gasteiger partial charge in [-0.05, 0) is 19.8 Å². The van der Waals surface area contributed by atoms with Crippen LogP contribution in [0.15, 0.2) is 0 Å². The molecule has 0 unspecified atom stereocenters. The molecule has 1 rings (SSSR count). The molecule has 1 saturated heterocycles. The van der Waals surface area contributed by atoms with Gasteiger partial charge in [-0.15, -0.1) is 0 Å². The Bertz CT molecular complexity index is 170. The lowest BCUT2D eigenvalue weighted by Crippen LogP contribution is -2.48. The van der Waals surface area contributed by atoms with Gasteiger partial charge in [-0.3, -0.25) is 4.79 Å². The number of hydrogen-bond acceptors (Lipinski definition) is 3. The van der Waals surface area contributed by atoms with E-state index in [1.807, 2.05) is 0 Å². The number of nitrogens with two attached hydrogens (primary N) is 1. The molecule has 3 N–H and O–H groups in total. The molecule has 1 fully saturated rings. The van der Waals surface area contributed by atoms with E-state index in [1.165, 1.54) is 0 Å². The number of aliphatic hydroxyl groups is 1. The van der Waals surface area contributed by atoms with Crippen LogP contribution in [0.5, 0.6) is 0 Å². The van der Waals surface area contributed by atoms with Crippen LogP contribution < -0.4 is 5.73 Å². The molecule has 12 heavy (non-hydrogen) atoms. The number of aliphatic hydroxyl groups excluding tert-OH is 1. The quantitative estimate of drug-likeness (QED) is 0.550. The molecule has 0 spiro atoms. The minimum Gasteiger partial charge on any atom is -0.391 e. The van der Waals surface area contributed by atoms with Crippen molar-refractivity contribution in [2.75, 3.05) is 13.1 Å². The Kier molecular flexibility index (Phi) is 3.05. The molecule has 0 bridgehead atoms. The second-order valence-electron chi connectivity index (χ2n) is 3.37. The predicted molar refractivity (Wildman–Crippen MR) is 45.5 cm³/mol. The number of nitrogens with zero attached hydrogens (tertiary/aromatic N) is 1. The van der Waals surface area contributed by atoms with E-state index in [9.17, 15) is 9.90 Å². The maximum atomic E-state index is 11.3. The molecule has 4 nitrogen and oxygen atoms in total. The van der Waals surface area contributed by atoms with Crippen LogP contribution in [-0.4, -0.2) is 41.1 Å². The molecular weight excluding hydrogens is 156 g/mol. The van der Waals surface area contributed by atoms with Crippen molar-refractivity contribution in [2.24, 2.45) is 5.73 Å². The Morgan fingerprint density at radius 2 is 2.42 bits per heavy atom. The van der Waals surface area contributed by atoms with Gasteiger partial charge < -0.3 is 15.7 Å². The van der Waals surface area contributed by atoms with Crippen molar-refractivity contribution in [2.45, 2.75) is 31.9 Å². The highest BCUT2D eigenvalue weighted by atomic mass is 16.3. The Balaban J connectivity index is 2.46. The first-order valence-electron chi connectivity index (χ1n) is 4.33. The molecule has 0 aromatic heterocycles. The molecular formula is C8H16N2O2. The van der Waals surface area contributed by atoms with Crippen LogP contribution in [0, 0.1) is 0 Å². The van der Waals surface area contributed by atoms with Crippen LogP contribution >= 0.6 is 0 Å². The number of carbonyl (C=O) groups excluding carboxylic acids is 1. The lowest BCUT2D eigenvalue weighted by molar-refractivity contribution is -0.135. The normalized spacial score (nSPS) is 26.9. The van der Waals surface area contributed by atoms with E-state index in [-0.39, 0.29) is 12.0 Å². The predicted octanol–water partition coefficient (Wildman–Crippen LogP) is -0.683. The number of likely N-dealkylation sites (tertiary alicyclic amines) is 1. The Labute approximate surface area is 72.3 Å². The summed E-state index contributed by atoms with van der Waals surface area (Å²) in [6.07, 6.45) is 1.31. The average molecular weight is 172 g/mol. The molecule has 0 aromatic rings. The van der Waals surface area contributed by atoms with Gasteiger partial charge in [0.1, 0.15) is 0 Å². The van der Waals surface area contributed by atoms with Gasteiger partial charge in [-0.25, -0.2) is 0 Å². The number of amides is 1. The van der Waals surface area contributed by atoms with E-state index in [0.717, 1.165) is 19.4 Å². The highest BCUT2D eigenvalue weighted by Gasteiger charge is 2.23. The van der Waals surface area contributed by atoms with Crippen LogP contribution in [0.25, 0.3) is 0 Å². The minimum atomic E-state index is -0.449. The van der Waals surface area contributed by atoms with Crippen LogP contribution in [-0.2, 0) is 4.79 Å². The maximum absolute atomic E-state index is 11.3. The summed E-state index contributed by atoms with van der Waals surface area (Å²) in [6, 6.07) is -0.449. The fourth-order valence-electron chi connectivity index (χ4n) is 1.44. The van der Waals surface area contributed by atoms with Crippen molar-refractivity contribution in [3.05, 3.63) is 0 Å². The van der Waals surface area contributed by atoms with Crippen LogP contribution in [0.3, 0.4) is 0 Å². The number of piperidine rings is 1. The summed E-state index contributed by atoms with van der Waals surface area (Å²) in [4.78, 5) is 13.0. The number of β-amino-alcohol motifs (C(OH)–C–C–N with tert-alkyl or cyclic N) is 1. The van der Waals surface area contributed by atoms with Crippen molar-refractivity contribution in [1.82, 2.24) is 4.90 Å². The van der Waals surface area contributed by atoms with Crippen LogP contribution in [0.1, 0.15) is 19.8 Å². The van der Waals surface area contributed by atoms with Crippen molar-refractivity contribution in [1.29, 1.82) is 0 Å². The number of rotatable bonds is 1. The smallest absolute Gasteiger partial charge is 0.239 e. The highest BCUT2D eigenvalue weighted by molar-refractivity contribution is 5.81. The average Bonchev–Trinajstić information content (AvgIpc) is 2.03. The van der Waals surface area contributed by atoms with Gasteiger partial charge in [-0.1, -0.05) is 0 Å². The van der Waals surface area contributed by atoms with E-state index in [1.54, 1.807) is 11.8 Å². The minimum absolute atomic E-state index is 0.0613. The van der Waals surface area contributed by atoms with Gasteiger partial charge in [0.15, 0.2) is 0 Å². The molecule has 0 aromatic carbocycles. The molecule has 0 saturated carbocycles. The molecule has 0 radical (unpaired) electrons. The lowest BCUT2D eigenvalue weighted by atomic mass is 10.1. The summed E-state index contributed by atoms with van der Waals surface area (Å²) in [5.41, 5.74) is 5.44. The first-order chi connectivity index (χ1) is 5.61. The Morgan fingerprint density at radius 3 is 2.92 bits per heavy atom. The topological polar surface area (TPSA) is 66.6 Å². The fraction of sp³-hybridized carbons (Fsp3) is 0.875. The van der Waals surface area contributed by atoms with E-state index in [0.29, 0.717) is 6.54 Å². The van der Waals surface area contributed by atoms with Crippen molar-refractivity contribution < 1.29 is 9.90 Å². The van der Waals surface area contributed by atoms with E-state index in [4.69, 9.17) is 5.73 Å². The lowest BCUT2D eigenvalue weighted by Gasteiger charge is -2.31. The monoisotopic (exact) mass is 172 g/mol.